The molecule has 66 valence electrons. The second-order valence-corrected chi connectivity index (χ2v) is 2.81. The predicted molar refractivity (Wildman–Crippen MR) is 46.1 cm³/mol. The van der Waals surface area contributed by atoms with Gasteiger partial charge in [-0.25, -0.2) is 9.37 Å². The van der Waals surface area contributed by atoms with Crippen molar-refractivity contribution in [3.05, 3.63) is 17.5 Å². The van der Waals surface area contributed by atoms with E-state index in [2.05, 4.69) is 15.3 Å². The molecule has 0 radical (unpaired) electrons. The molecule has 1 aromatic rings. The van der Waals surface area contributed by atoms with Crippen molar-refractivity contribution in [1.82, 2.24) is 9.97 Å². The Kier molecular flexibility index (Phi) is 3.22. The van der Waals surface area contributed by atoms with Crippen LogP contribution in [0.4, 0.5) is 10.2 Å². The number of hydrogen-bond donors (Lipinski definition) is 1. The van der Waals surface area contributed by atoms with Crippen LogP contribution in [0.3, 0.4) is 0 Å². The highest BCUT2D eigenvalue weighted by Crippen LogP contribution is 2.07. The number of alkyl halides is 1. The molecular formula is C7H9ClFN3. The second kappa shape index (κ2) is 4.21. The van der Waals surface area contributed by atoms with E-state index < -0.39 is 6.67 Å². The van der Waals surface area contributed by atoms with Gasteiger partial charge in [-0.3, -0.25) is 4.98 Å². The van der Waals surface area contributed by atoms with E-state index in [9.17, 15) is 4.39 Å². The van der Waals surface area contributed by atoms with E-state index in [0.717, 1.165) is 0 Å². The first kappa shape index (κ1) is 9.19. The summed E-state index contributed by atoms with van der Waals surface area (Å²) in [5, 5.41) is 3.10. The van der Waals surface area contributed by atoms with Crippen molar-refractivity contribution in [2.75, 3.05) is 12.0 Å². The summed E-state index contributed by atoms with van der Waals surface area (Å²) in [6, 6.07) is -0.266. The molecule has 0 amide bonds. The molecule has 0 saturated heterocycles. The van der Waals surface area contributed by atoms with Gasteiger partial charge in [0.2, 0.25) is 0 Å². The second-order valence-electron chi connectivity index (χ2n) is 2.43. The molecule has 0 aliphatic carbocycles. The van der Waals surface area contributed by atoms with Gasteiger partial charge in [-0.2, -0.15) is 0 Å². The van der Waals surface area contributed by atoms with Gasteiger partial charge in [0.25, 0.3) is 0 Å². The van der Waals surface area contributed by atoms with E-state index in [1.165, 1.54) is 12.4 Å². The maximum Gasteiger partial charge on any atom is 0.149 e. The van der Waals surface area contributed by atoms with Crippen LogP contribution in [0.15, 0.2) is 12.4 Å². The summed E-state index contributed by atoms with van der Waals surface area (Å²) in [5.41, 5.74) is 0. The highest BCUT2D eigenvalue weighted by Gasteiger charge is 2.01. The first-order valence-corrected chi connectivity index (χ1v) is 3.90. The Morgan fingerprint density at radius 2 is 2.42 bits per heavy atom. The Hall–Kier alpha value is -0.900. The summed E-state index contributed by atoms with van der Waals surface area (Å²) in [6.45, 7) is 1.26. The van der Waals surface area contributed by atoms with Crippen LogP contribution in [0.25, 0.3) is 0 Å². The van der Waals surface area contributed by atoms with Gasteiger partial charge in [-0.05, 0) is 6.92 Å². The number of nitrogens with one attached hydrogen (secondary N) is 1. The minimum atomic E-state index is -0.450. The van der Waals surface area contributed by atoms with Gasteiger partial charge in [-0.15, -0.1) is 0 Å². The lowest BCUT2D eigenvalue weighted by Crippen LogP contribution is -2.17. The fraction of sp³-hybridized carbons (Fsp3) is 0.429. The SMILES string of the molecule is C[C@@H](CF)Nc1cncc(Cl)n1. The summed E-state index contributed by atoms with van der Waals surface area (Å²) in [6.07, 6.45) is 2.92. The third kappa shape index (κ3) is 2.62. The van der Waals surface area contributed by atoms with Gasteiger partial charge >= 0.3 is 0 Å². The number of anilines is 1. The molecule has 0 aliphatic heterocycles. The topological polar surface area (TPSA) is 37.8 Å². The normalized spacial score (nSPS) is 12.6. The van der Waals surface area contributed by atoms with Crippen molar-refractivity contribution >= 4 is 17.4 Å². The first-order chi connectivity index (χ1) is 5.72. The molecule has 1 rings (SSSR count). The van der Waals surface area contributed by atoms with Gasteiger partial charge in [0.1, 0.15) is 17.6 Å². The average Bonchev–Trinajstić information content (AvgIpc) is 2.04. The van der Waals surface area contributed by atoms with Crippen LogP contribution < -0.4 is 5.32 Å². The summed E-state index contributed by atoms with van der Waals surface area (Å²) in [7, 11) is 0. The molecule has 0 spiro atoms. The van der Waals surface area contributed by atoms with E-state index in [4.69, 9.17) is 11.6 Å². The third-order valence-corrected chi connectivity index (χ3v) is 1.41. The highest BCUT2D eigenvalue weighted by atomic mass is 35.5. The fourth-order valence-corrected chi connectivity index (χ4v) is 0.850. The maximum atomic E-state index is 12.0. The largest absolute Gasteiger partial charge is 0.364 e. The van der Waals surface area contributed by atoms with Gasteiger partial charge in [0.05, 0.1) is 18.4 Å². The van der Waals surface area contributed by atoms with Crippen molar-refractivity contribution in [3.63, 3.8) is 0 Å². The molecule has 12 heavy (non-hydrogen) atoms. The maximum absolute atomic E-state index is 12.0. The van der Waals surface area contributed by atoms with Crippen LogP contribution >= 0.6 is 11.6 Å². The monoisotopic (exact) mass is 189 g/mol. The number of rotatable bonds is 3. The molecule has 0 aliphatic rings. The zero-order valence-corrected chi connectivity index (χ0v) is 7.35. The number of halogens is 2. The number of nitrogens with zero attached hydrogens (tertiary/aromatic N) is 2. The minimum Gasteiger partial charge on any atom is -0.364 e. The van der Waals surface area contributed by atoms with Crippen molar-refractivity contribution in [2.45, 2.75) is 13.0 Å². The van der Waals surface area contributed by atoms with Crippen molar-refractivity contribution in [3.8, 4) is 0 Å². The Morgan fingerprint density at radius 3 is 3.00 bits per heavy atom. The van der Waals surface area contributed by atoms with Crippen LogP contribution in [-0.4, -0.2) is 22.7 Å². The lowest BCUT2D eigenvalue weighted by Gasteiger charge is -2.09. The molecule has 0 unspecified atom stereocenters. The summed E-state index contributed by atoms with van der Waals surface area (Å²) in [5.74, 6) is 0.493. The molecule has 0 fully saturated rings. The van der Waals surface area contributed by atoms with E-state index in [1.54, 1.807) is 6.92 Å². The Bertz CT molecular complexity index is 256. The van der Waals surface area contributed by atoms with E-state index in [-0.39, 0.29) is 6.04 Å². The van der Waals surface area contributed by atoms with E-state index in [0.29, 0.717) is 11.0 Å². The van der Waals surface area contributed by atoms with Crippen LogP contribution in [-0.2, 0) is 0 Å². The van der Waals surface area contributed by atoms with Gasteiger partial charge in [0.15, 0.2) is 0 Å². The molecule has 3 nitrogen and oxygen atoms in total. The molecule has 0 aromatic carbocycles. The first-order valence-electron chi connectivity index (χ1n) is 3.52. The smallest absolute Gasteiger partial charge is 0.149 e. The Balaban J connectivity index is 2.63. The Labute approximate surface area is 75.0 Å². The molecule has 1 aromatic heterocycles. The van der Waals surface area contributed by atoms with Crippen LogP contribution in [0.5, 0.6) is 0 Å². The Morgan fingerprint density at radius 1 is 1.67 bits per heavy atom. The zero-order chi connectivity index (χ0) is 8.97. The summed E-state index contributed by atoms with van der Waals surface area (Å²) in [4.78, 5) is 7.68. The zero-order valence-electron chi connectivity index (χ0n) is 6.59. The van der Waals surface area contributed by atoms with E-state index >= 15 is 0 Å². The van der Waals surface area contributed by atoms with Gasteiger partial charge < -0.3 is 5.32 Å². The average molecular weight is 190 g/mol. The molecule has 1 N–H and O–H groups in total. The van der Waals surface area contributed by atoms with Gasteiger partial charge in [-0.1, -0.05) is 11.6 Å². The highest BCUT2D eigenvalue weighted by molar-refractivity contribution is 6.29. The fourth-order valence-electron chi connectivity index (χ4n) is 0.703. The van der Waals surface area contributed by atoms with Crippen molar-refractivity contribution in [2.24, 2.45) is 0 Å². The van der Waals surface area contributed by atoms with Crippen molar-refractivity contribution < 1.29 is 4.39 Å². The molecule has 0 bridgehead atoms. The third-order valence-electron chi connectivity index (χ3n) is 1.23. The summed E-state index contributed by atoms with van der Waals surface area (Å²) < 4.78 is 12.0. The molecular weight excluding hydrogens is 181 g/mol. The number of hydrogen-bond acceptors (Lipinski definition) is 3. The summed E-state index contributed by atoms with van der Waals surface area (Å²) >= 11 is 5.56. The molecule has 1 heterocycles. The standard InChI is InChI=1S/C7H9ClFN3/c1-5(2-9)11-7-4-10-3-6(8)12-7/h3-5H,2H2,1H3,(H,11,12)/t5-/m0/s1. The molecule has 0 saturated carbocycles. The van der Waals surface area contributed by atoms with Crippen LogP contribution in [0, 0.1) is 0 Å². The number of aromatic nitrogens is 2. The minimum absolute atomic E-state index is 0.266. The van der Waals surface area contributed by atoms with Crippen LogP contribution in [0.2, 0.25) is 5.15 Å². The van der Waals surface area contributed by atoms with Crippen LogP contribution in [0.1, 0.15) is 6.92 Å². The lowest BCUT2D eigenvalue weighted by molar-refractivity contribution is 0.459. The molecule has 1 atom stereocenters. The lowest BCUT2D eigenvalue weighted by atomic mass is 10.4. The van der Waals surface area contributed by atoms with Gasteiger partial charge in [0, 0.05) is 0 Å². The van der Waals surface area contributed by atoms with Crippen molar-refractivity contribution in [1.29, 1.82) is 0 Å². The quantitative estimate of drug-likeness (QED) is 0.789. The van der Waals surface area contributed by atoms with E-state index in [1.807, 2.05) is 0 Å². The molecule has 5 heteroatoms. The predicted octanol–water partition coefficient (Wildman–Crippen LogP) is 1.90.